The summed E-state index contributed by atoms with van der Waals surface area (Å²) in [7, 11) is 0. The number of phenols is 1. The third-order valence-corrected chi connectivity index (χ3v) is 3.00. The minimum atomic E-state index is -0.977. The Labute approximate surface area is 99.7 Å². The predicted octanol–water partition coefficient (Wildman–Crippen LogP) is 3.10. The second-order valence-corrected chi connectivity index (χ2v) is 4.53. The van der Waals surface area contributed by atoms with E-state index in [9.17, 15) is 9.90 Å². The fraction of sp³-hybridized carbons (Fsp3) is 0.417. The van der Waals surface area contributed by atoms with Crippen molar-refractivity contribution < 1.29 is 15.0 Å². The molecule has 0 amide bonds. The first-order valence-corrected chi connectivity index (χ1v) is 5.45. The quantitative estimate of drug-likeness (QED) is 0.856. The number of aliphatic carboxylic acids is 1. The van der Waals surface area contributed by atoms with Crippen molar-refractivity contribution in [2.75, 3.05) is 0 Å². The number of carboxylic acid groups (broad SMARTS) is 1. The number of rotatable bonds is 3. The fourth-order valence-corrected chi connectivity index (χ4v) is 1.85. The van der Waals surface area contributed by atoms with Crippen LogP contribution in [0.15, 0.2) is 6.07 Å². The molecule has 3 nitrogen and oxygen atoms in total. The van der Waals surface area contributed by atoms with E-state index in [4.69, 9.17) is 16.7 Å². The van der Waals surface area contributed by atoms with Crippen molar-refractivity contribution in [3.63, 3.8) is 0 Å². The summed E-state index contributed by atoms with van der Waals surface area (Å²) >= 11 is 6.01. The largest absolute Gasteiger partial charge is 0.507 e. The maximum Gasteiger partial charge on any atom is 0.307 e. The van der Waals surface area contributed by atoms with E-state index in [1.165, 1.54) is 0 Å². The van der Waals surface area contributed by atoms with Crippen LogP contribution in [0.2, 0.25) is 5.02 Å². The molecule has 2 N–H and O–H groups in total. The summed E-state index contributed by atoms with van der Waals surface area (Å²) < 4.78 is 0. The number of hydrogen-bond acceptors (Lipinski definition) is 2. The first kappa shape index (κ1) is 12.8. The van der Waals surface area contributed by atoms with Crippen LogP contribution in [-0.4, -0.2) is 16.2 Å². The summed E-state index contributed by atoms with van der Waals surface area (Å²) in [5.74, 6) is -0.819. The smallest absolute Gasteiger partial charge is 0.307 e. The SMILES string of the molecule is Cc1c(Cl)cc(C(C)C)c(O)c1CC(=O)O. The lowest BCUT2D eigenvalue weighted by atomic mass is 9.94. The number of phenolic OH excluding ortho intramolecular Hbond substituents is 1. The molecular weight excluding hydrogens is 228 g/mol. The molecule has 0 radical (unpaired) electrons. The highest BCUT2D eigenvalue weighted by molar-refractivity contribution is 6.31. The summed E-state index contributed by atoms with van der Waals surface area (Å²) in [6, 6.07) is 1.70. The summed E-state index contributed by atoms with van der Waals surface area (Å²) in [6.07, 6.45) is -0.210. The Morgan fingerprint density at radius 2 is 2.06 bits per heavy atom. The van der Waals surface area contributed by atoms with Crippen molar-refractivity contribution >= 4 is 17.6 Å². The number of halogens is 1. The van der Waals surface area contributed by atoms with Gasteiger partial charge in [-0.2, -0.15) is 0 Å². The zero-order valence-corrected chi connectivity index (χ0v) is 10.3. The molecule has 0 aliphatic carbocycles. The molecule has 0 atom stereocenters. The van der Waals surface area contributed by atoms with Gasteiger partial charge in [-0.1, -0.05) is 25.4 Å². The Balaban J connectivity index is 3.39. The van der Waals surface area contributed by atoms with Gasteiger partial charge in [0.15, 0.2) is 0 Å². The molecule has 0 unspecified atom stereocenters. The maximum atomic E-state index is 10.7. The Bertz CT molecular complexity index is 425. The van der Waals surface area contributed by atoms with Gasteiger partial charge in [-0.25, -0.2) is 0 Å². The molecule has 0 aromatic heterocycles. The summed E-state index contributed by atoms with van der Waals surface area (Å²) in [5, 5.41) is 19.3. The van der Waals surface area contributed by atoms with Gasteiger partial charge in [-0.05, 0) is 30.0 Å². The van der Waals surface area contributed by atoms with E-state index in [-0.39, 0.29) is 18.1 Å². The molecule has 0 aliphatic rings. The normalized spacial score (nSPS) is 10.8. The van der Waals surface area contributed by atoms with Gasteiger partial charge in [0, 0.05) is 10.6 Å². The number of benzene rings is 1. The molecule has 0 bridgehead atoms. The summed E-state index contributed by atoms with van der Waals surface area (Å²) in [4.78, 5) is 10.7. The van der Waals surface area contributed by atoms with Crippen LogP contribution < -0.4 is 0 Å². The predicted molar refractivity (Wildman–Crippen MR) is 63.3 cm³/mol. The lowest BCUT2D eigenvalue weighted by molar-refractivity contribution is -0.136. The lowest BCUT2D eigenvalue weighted by Crippen LogP contribution is -2.05. The number of carboxylic acids is 1. The van der Waals surface area contributed by atoms with E-state index in [1.807, 2.05) is 13.8 Å². The standard InChI is InChI=1S/C12H15ClO3/c1-6(2)8-4-10(13)7(3)9(12(8)16)5-11(14)15/h4,6,16H,5H2,1-3H3,(H,14,15). The zero-order valence-electron chi connectivity index (χ0n) is 9.54. The Kier molecular flexibility index (Phi) is 3.81. The molecule has 0 saturated carbocycles. The van der Waals surface area contributed by atoms with Gasteiger partial charge >= 0.3 is 5.97 Å². The first-order valence-electron chi connectivity index (χ1n) is 5.07. The van der Waals surface area contributed by atoms with E-state index in [2.05, 4.69) is 0 Å². The third kappa shape index (κ3) is 2.47. The van der Waals surface area contributed by atoms with Gasteiger partial charge in [-0.15, -0.1) is 0 Å². The van der Waals surface area contributed by atoms with Gasteiger partial charge in [0.2, 0.25) is 0 Å². The van der Waals surface area contributed by atoms with Crippen LogP contribution in [0.4, 0.5) is 0 Å². The highest BCUT2D eigenvalue weighted by Crippen LogP contribution is 2.35. The molecule has 1 aromatic carbocycles. The van der Waals surface area contributed by atoms with E-state index >= 15 is 0 Å². The van der Waals surface area contributed by atoms with Crippen LogP contribution in [0, 0.1) is 6.92 Å². The lowest BCUT2D eigenvalue weighted by Gasteiger charge is -2.15. The topological polar surface area (TPSA) is 57.5 Å². The van der Waals surface area contributed by atoms with Crippen LogP contribution in [0.1, 0.15) is 36.5 Å². The van der Waals surface area contributed by atoms with E-state index in [1.54, 1.807) is 13.0 Å². The van der Waals surface area contributed by atoms with Gasteiger partial charge in [-0.3, -0.25) is 4.79 Å². The van der Waals surface area contributed by atoms with Gasteiger partial charge in [0.25, 0.3) is 0 Å². The van der Waals surface area contributed by atoms with E-state index in [0.29, 0.717) is 21.7 Å². The summed E-state index contributed by atoms with van der Waals surface area (Å²) in [6.45, 7) is 5.56. The molecule has 0 fully saturated rings. The molecular formula is C12H15ClO3. The second-order valence-electron chi connectivity index (χ2n) is 4.12. The summed E-state index contributed by atoms with van der Waals surface area (Å²) in [5.41, 5.74) is 1.72. The van der Waals surface area contributed by atoms with Crippen LogP contribution in [-0.2, 0) is 11.2 Å². The average molecular weight is 243 g/mol. The van der Waals surface area contributed by atoms with Crippen molar-refractivity contribution in [3.05, 3.63) is 27.8 Å². The highest BCUT2D eigenvalue weighted by atomic mass is 35.5. The molecule has 16 heavy (non-hydrogen) atoms. The van der Waals surface area contributed by atoms with E-state index in [0.717, 1.165) is 0 Å². The molecule has 0 saturated heterocycles. The average Bonchev–Trinajstić information content (AvgIpc) is 2.17. The Morgan fingerprint density at radius 3 is 2.50 bits per heavy atom. The molecule has 88 valence electrons. The van der Waals surface area contributed by atoms with Crippen LogP contribution >= 0.6 is 11.6 Å². The van der Waals surface area contributed by atoms with Crippen molar-refractivity contribution in [2.45, 2.75) is 33.1 Å². The molecule has 4 heteroatoms. The first-order chi connectivity index (χ1) is 7.34. The maximum absolute atomic E-state index is 10.7. The van der Waals surface area contributed by atoms with Crippen LogP contribution in [0.25, 0.3) is 0 Å². The monoisotopic (exact) mass is 242 g/mol. The minimum absolute atomic E-state index is 0.0549. The van der Waals surface area contributed by atoms with Gasteiger partial charge in [0.1, 0.15) is 5.75 Å². The van der Waals surface area contributed by atoms with Gasteiger partial charge < -0.3 is 10.2 Å². The van der Waals surface area contributed by atoms with Gasteiger partial charge in [0.05, 0.1) is 6.42 Å². The third-order valence-electron chi connectivity index (χ3n) is 2.60. The highest BCUT2D eigenvalue weighted by Gasteiger charge is 2.17. The second kappa shape index (κ2) is 4.74. The fourth-order valence-electron chi connectivity index (χ4n) is 1.62. The molecule has 0 spiro atoms. The Hall–Kier alpha value is -1.22. The van der Waals surface area contributed by atoms with Crippen molar-refractivity contribution in [1.29, 1.82) is 0 Å². The molecule has 0 heterocycles. The van der Waals surface area contributed by atoms with Crippen molar-refractivity contribution in [2.24, 2.45) is 0 Å². The molecule has 1 rings (SSSR count). The Morgan fingerprint density at radius 1 is 1.50 bits per heavy atom. The van der Waals surface area contributed by atoms with Crippen molar-refractivity contribution in [3.8, 4) is 5.75 Å². The molecule has 0 aliphatic heterocycles. The van der Waals surface area contributed by atoms with Crippen LogP contribution in [0.3, 0.4) is 0 Å². The molecule has 1 aromatic rings. The number of aromatic hydroxyl groups is 1. The van der Waals surface area contributed by atoms with Crippen LogP contribution in [0.5, 0.6) is 5.75 Å². The van der Waals surface area contributed by atoms with Crippen molar-refractivity contribution in [1.82, 2.24) is 0 Å². The number of hydrogen-bond donors (Lipinski definition) is 2. The zero-order chi connectivity index (χ0) is 12.5. The van der Waals surface area contributed by atoms with E-state index < -0.39 is 5.97 Å². The number of carbonyl (C=O) groups is 1. The minimum Gasteiger partial charge on any atom is -0.507 e.